The summed E-state index contributed by atoms with van der Waals surface area (Å²) < 4.78 is 8.85. The van der Waals surface area contributed by atoms with Gasteiger partial charge >= 0.3 is 7.32 Å². The third-order valence-electron chi connectivity index (χ3n) is 1.45. The van der Waals surface area contributed by atoms with E-state index in [1.54, 1.807) is 18.2 Å². The van der Waals surface area contributed by atoms with Gasteiger partial charge in [0.25, 0.3) is 0 Å². The Hall–Kier alpha value is -0.745. The molecule has 0 amide bonds. The molecule has 0 atom stereocenters. The number of rotatable bonds is 4. The molecule has 0 radical (unpaired) electrons. The van der Waals surface area contributed by atoms with Crippen molar-refractivity contribution in [2.75, 3.05) is 0 Å². The molecule has 1 aromatic rings. The minimum atomic E-state index is -1.46. The van der Waals surface area contributed by atoms with Crippen molar-refractivity contribution in [2.24, 2.45) is 5.73 Å². The molecule has 0 bridgehead atoms. The third-order valence-corrected chi connectivity index (χ3v) is 1.60. The summed E-state index contributed by atoms with van der Waals surface area (Å²) >= 11 is 4.88. The molecule has 6 heteroatoms. The highest BCUT2D eigenvalue weighted by Crippen LogP contribution is 2.13. The van der Waals surface area contributed by atoms with Crippen molar-refractivity contribution in [3.8, 4) is 5.75 Å². The van der Waals surface area contributed by atoms with Gasteiger partial charge in [-0.25, -0.2) is 0 Å². The molecule has 0 aliphatic carbocycles. The molecule has 0 aliphatic rings. The maximum Gasteiger partial charge on any atom is 0.727 e. The zero-order valence-electron chi connectivity index (χ0n) is 6.81. The molecule has 0 heterocycles. The summed E-state index contributed by atoms with van der Waals surface area (Å²) in [5, 5.41) is 8.87. The van der Waals surface area contributed by atoms with Crippen LogP contribution in [-0.4, -0.2) is 12.3 Å². The van der Waals surface area contributed by atoms with Crippen LogP contribution in [-0.2, 0) is 10.8 Å². The molecule has 0 unspecified atom stereocenters. The van der Waals surface area contributed by atoms with Crippen LogP contribution in [0.25, 0.3) is 0 Å². The highest BCUT2D eigenvalue weighted by atomic mass is 35.5. The van der Waals surface area contributed by atoms with E-state index in [0.29, 0.717) is 12.3 Å². The first-order chi connectivity index (χ1) is 6.26. The molecule has 1 rings (SSSR count). The first kappa shape index (κ1) is 10.3. The first-order valence-corrected chi connectivity index (χ1v) is 3.98. The standard InChI is InChI=1S/C7H9BClNO3/c9-13-8(11)12-7-3-1-2-6(4-7)5-10/h1-4,11H,5,10H2. The van der Waals surface area contributed by atoms with Crippen molar-refractivity contribution >= 4 is 19.2 Å². The van der Waals surface area contributed by atoms with Crippen LogP contribution in [0.2, 0.25) is 0 Å². The van der Waals surface area contributed by atoms with Crippen LogP contribution in [0.5, 0.6) is 5.75 Å². The first-order valence-electron chi connectivity index (χ1n) is 3.67. The Kier molecular flexibility index (Phi) is 4.04. The van der Waals surface area contributed by atoms with Gasteiger partial charge in [0.15, 0.2) is 0 Å². The molecule has 1 aromatic carbocycles. The predicted octanol–water partition coefficient (Wildman–Crippen LogP) is 0.672. The number of hydrogen-bond donors (Lipinski definition) is 2. The molecular formula is C7H9BClNO3. The molecule has 0 aromatic heterocycles. The smallest absolute Gasteiger partial charge is 0.511 e. The monoisotopic (exact) mass is 201 g/mol. The highest BCUT2D eigenvalue weighted by Gasteiger charge is 2.17. The number of hydrogen-bond acceptors (Lipinski definition) is 4. The van der Waals surface area contributed by atoms with Gasteiger partial charge in [-0.2, -0.15) is 0 Å². The molecule has 4 nitrogen and oxygen atoms in total. The average molecular weight is 201 g/mol. The molecule has 13 heavy (non-hydrogen) atoms. The summed E-state index contributed by atoms with van der Waals surface area (Å²) in [4.78, 5) is 0. The van der Waals surface area contributed by atoms with Crippen LogP contribution in [0.15, 0.2) is 24.3 Å². The average Bonchev–Trinajstić information content (AvgIpc) is 2.18. The lowest BCUT2D eigenvalue weighted by Gasteiger charge is -2.06. The molecule has 3 N–H and O–H groups in total. The van der Waals surface area contributed by atoms with Crippen LogP contribution in [0, 0.1) is 0 Å². The van der Waals surface area contributed by atoms with E-state index in [2.05, 4.69) is 4.21 Å². The summed E-state index contributed by atoms with van der Waals surface area (Å²) in [5.41, 5.74) is 6.31. The number of benzene rings is 1. The molecule has 0 fully saturated rings. The maximum atomic E-state index is 8.87. The zero-order chi connectivity index (χ0) is 9.68. The van der Waals surface area contributed by atoms with Crippen molar-refractivity contribution < 1.29 is 13.9 Å². The fourth-order valence-corrected chi connectivity index (χ4v) is 0.917. The summed E-state index contributed by atoms with van der Waals surface area (Å²) in [5.74, 6) is 0.455. The second kappa shape index (κ2) is 5.09. The lowest BCUT2D eigenvalue weighted by molar-refractivity contribution is 0.310. The lowest BCUT2D eigenvalue weighted by atomic mass is 10.2. The van der Waals surface area contributed by atoms with Gasteiger partial charge in [-0.3, -0.25) is 4.21 Å². The number of halogens is 1. The fourth-order valence-electron chi connectivity index (χ4n) is 0.880. The van der Waals surface area contributed by atoms with Gasteiger partial charge in [-0.1, -0.05) is 12.1 Å². The van der Waals surface area contributed by atoms with Gasteiger partial charge < -0.3 is 15.4 Å². The van der Waals surface area contributed by atoms with Gasteiger partial charge in [-0.05, 0) is 17.7 Å². The largest absolute Gasteiger partial charge is 0.727 e. The summed E-state index contributed by atoms with van der Waals surface area (Å²) in [7, 11) is -1.46. The Labute approximate surface area is 81.6 Å². The van der Waals surface area contributed by atoms with Gasteiger partial charge in [0, 0.05) is 18.4 Å². The quantitative estimate of drug-likeness (QED) is 0.703. The van der Waals surface area contributed by atoms with Crippen LogP contribution in [0.4, 0.5) is 0 Å². The molecule has 0 aliphatic heterocycles. The van der Waals surface area contributed by atoms with Crippen molar-refractivity contribution in [1.82, 2.24) is 0 Å². The van der Waals surface area contributed by atoms with Crippen LogP contribution in [0.3, 0.4) is 0 Å². The van der Waals surface area contributed by atoms with Crippen molar-refractivity contribution in [3.05, 3.63) is 29.8 Å². The van der Waals surface area contributed by atoms with Crippen LogP contribution < -0.4 is 10.4 Å². The van der Waals surface area contributed by atoms with Crippen molar-refractivity contribution in [2.45, 2.75) is 6.54 Å². The van der Waals surface area contributed by atoms with E-state index in [0.717, 1.165) is 5.56 Å². The van der Waals surface area contributed by atoms with Gasteiger partial charge in [0.05, 0.1) is 0 Å². The van der Waals surface area contributed by atoms with E-state index >= 15 is 0 Å². The van der Waals surface area contributed by atoms with E-state index in [9.17, 15) is 0 Å². The number of nitrogens with two attached hydrogens (primary N) is 1. The van der Waals surface area contributed by atoms with Gasteiger partial charge in [0.1, 0.15) is 5.75 Å². The SMILES string of the molecule is NCc1cccc(OB(O)OCl)c1. The van der Waals surface area contributed by atoms with Gasteiger partial charge in [0.2, 0.25) is 0 Å². The van der Waals surface area contributed by atoms with Crippen LogP contribution >= 0.6 is 11.9 Å². The molecule has 0 saturated heterocycles. The summed E-state index contributed by atoms with van der Waals surface area (Å²) in [6.07, 6.45) is 0. The fraction of sp³-hybridized carbons (Fsp3) is 0.143. The van der Waals surface area contributed by atoms with Crippen molar-refractivity contribution in [3.63, 3.8) is 0 Å². The van der Waals surface area contributed by atoms with E-state index in [1.807, 2.05) is 6.07 Å². The highest BCUT2D eigenvalue weighted by molar-refractivity contribution is 6.42. The second-order valence-corrected chi connectivity index (χ2v) is 2.54. The second-order valence-electron chi connectivity index (χ2n) is 2.37. The Bertz CT molecular complexity index is 274. The Morgan fingerprint density at radius 3 is 2.92 bits per heavy atom. The Morgan fingerprint density at radius 1 is 1.54 bits per heavy atom. The minimum Gasteiger partial charge on any atom is -0.511 e. The zero-order valence-corrected chi connectivity index (χ0v) is 7.57. The molecule has 0 saturated carbocycles. The topological polar surface area (TPSA) is 64.7 Å². The van der Waals surface area contributed by atoms with Crippen molar-refractivity contribution in [1.29, 1.82) is 0 Å². The minimum absolute atomic E-state index is 0.412. The predicted molar refractivity (Wildman–Crippen MR) is 49.9 cm³/mol. The van der Waals surface area contributed by atoms with E-state index < -0.39 is 7.32 Å². The van der Waals surface area contributed by atoms with Gasteiger partial charge in [-0.15, -0.1) is 0 Å². The Balaban J connectivity index is 2.66. The Morgan fingerprint density at radius 2 is 2.31 bits per heavy atom. The van der Waals surface area contributed by atoms with E-state index in [4.69, 9.17) is 27.3 Å². The lowest BCUT2D eigenvalue weighted by Crippen LogP contribution is -2.22. The maximum absolute atomic E-state index is 8.87. The van der Waals surface area contributed by atoms with Crippen LogP contribution in [0.1, 0.15) is 5.56 Å². The van der Waals surface area contributed by atoms with E-state index in [1.165, 1.54) is 0 Å². The van der Waals surface area contributed by atoms with E-state index in [-0.39, 0.29) is 0 Å². The molecular weight excluding hydrogens is 192 g/mol. The molecule has 70 valence electrons. The summed E-state index contributed by atoms with van der Waals surface area (Å²) in [6, 6.07) is 6.97. The third kappa shape index (κ3) is 3.24. The summed E-state index contributed by atoms with van der Waals surface area (Å²) in [6.45, 7) is 0.412. The molecule has 0 spiro atoms. The normalized spacial score (nSPS) is 9.77.